The van der Waals surface area contributed by atoms with Gasteiger partial charge in [-0.1, -0.05) is 6.07 Å². The lowest BCUT2D eigenvalue weighted by Crippen LogP contribution is -2.22. The Morgan fingerprint density at radius 1 is 0.962 bits per heavy atom. The molecule has 7 heteroatoms. The van der Waals surface area contributed by atoms with Crippen molar-refractivity contribution >= 4 is 5.97 Å². The lowest BCUT2D eigenvalue weighted by atomic mass is 9.85. The van der Waals surface area contributed by atoms with Gasteiger partial charge >= 0.3 is 5.97 Å². The molecule has 0 amide bonds. The van der Waals surface area contributed by atoms with Crippen LogP contribution in [0, 0.1) is 0 Å². The molecule has 0 saturated carbocycles. The monoisotopic (exact) mass is 360 g/mol. The van der Waals surface area contributed by atoms with E-state index >= 15 is 0 Å². The predicted molar refractivity (Wildman–Crippen MR) is 92.9 cm³/mol. The second-order valence-electron chi connectivity index (χ2n) is 5.72. The maximum Gasteiger partial charge on any atom is 0.312 e. The topological polar surface area (TPSA) is 83.5 Å². The normalized spacial score (nSPS) is 15.7. The van der Waals surface area contributed by atoms with Gasteiger partial charge in [0.25, 0.3) is 0 Å². The van der Waals surface area contributed by atoms with Crippen LogP contribution in [0.1, 0.15) is 23.5 Å². The largest absolute Gasteiger partial charge is 0.504 e. The maximum absolute atomic E-state index is 12.1. The molecule has 0 aromatic heterocycles. The van der Waals surface area contributed by atoms with Crippen LogP contribution in [-0.4, -0.2) is 39.5 Å². The molecule has 2 aromatic rings. The van der Waals surface area contributed by atoms with Gasteiger partial charge in [-0.15, -0.1) is 0 Å². The van der Waals surface area contributed by atoms with Crippen molar-refractivity contribution in [1.29, 1.82) is 0 Å². The predicted octanol–water partition coefficient (Wildman–Crippen LogP) is 2.87. The Morgan fingerprint density at radius 2 is 1.65 bits per heavy atom. The molecule has 1 heterocycles. The molecule has 0 unspecified atom stereocenters. The summed E-state index contributed by atoms with van der Waals surface area (Å²) in [5, 5.41) is 10.1. The summed E-state index contributed by atoms with van der Waals surface area (Å²) in [6.45, 7) is 0. The Bertz CT molecular complexity index is 844. The Morgan fingerprint density at radius 3 is 2.23 bits per heavy atom. The van der Waals surface area contributed by atoms with Crippen LogP contribution in [-0.2, 0) is 4.79 Å². The molecule has 3 rings (SSSR count). The fraction of sp³-hybridized carbons (Fsp3) is 0.316. The number of hydrogen-bond acceptors (Lipinski definition) is 7. The van der Waals surface area contributed by atoms with E-state index < -0.39 is 0 Å². The first-order chi connectivity index (χ1) is 12.5. The number of rotatable bonds is 5. The molecule has 1 aliphatic rings. The van der Waals surface area contributed by atoms with Crippen LogP contribution in [0.3, 0.4) is 0 Å². The number of carbonyl (C=O) groups excluding carboxylic acids is 1. The molecule has 1 aliphatic heterocycles. The van der Waals surface area contributed by atoms with Crippen molar-refractivity contribution in [2.45, 2.75) is 12.3 Å². The van der Waals surface area contributed by atoms with E-state index in [-0.39, 0.29) is 24.1 Å². The lowest BCUT2D eigenvalue weighted by Gasteiger charge is -2.28. The van der Waals surface area contributed by atoms with Crippen molar-refractivity contribution in [2.75, 3.05) is 28.4 Å². The van der Waals surface area contributed by atoms with Gasteiger partial charge < -0.3 is 28.8 Å². The highest BCUT2D eigenvalue weighted by atomic mass is 16.5. The minimum absolute atomic E-state index is 0.00932. The SMILES string of the molecule is COc1ccc([C@H]2CC(=O)Oc3cc(OC)c(OC)c(OC)c32)cc1O. The Kier molecular flexibility index (Phi) is 4.79. The summed E-state index contributed by atoms with van der Waals surface area (Å²) in [6, 6.07) is 6.62. The molecule has 7 nitrogen and oxygen atoms in total. The molecule has 1 N–H and O–H groups in total. The fourth-order valence-electron chi connectivity index (χ4n) is 3.21. The van der Waals surface area contributed by atoms with Crippen LogP contribution in [0.25, 0.3) is 0 Å². The first-order valence-corrected chi connectivity index (χ1v) is 7.94. The van der Waals surface area contributed by atoms with E-state index in [1.165, 1.54) is 28.4 Å². The number of methoxy groups -OCH3 is 4. The van der Waals surface area contributed by atoms with Crippen LogP contribution < -0.4 is 23.7 Å². The molecular weight excluding hydrogens is 340 g/mol. The number of carbonyl (C=O) groups is 1. The van der Waals surface area contributed by atoms with Crippen molar-refractivity contribution in [1.82, 2.24) is 0 Å². The van der Waals surface area contributed by atoms with E-state index in [1.807, 2.05) is 0 Å². The number of phenols is 1. The molecule has 0 bridgehead atoms. The van der Waals surface area contributed by atoms with Gasteiger partial charge in [-0.05, 0) is 17.7 Å². The molecular formula is C19H20O7. The van der Waals surface area contributed by atoms with Gasteiger partial charge in [-0.2, -0.15) is 0 Å². The summed E-state index contributed by atoms with van der Waals surface area (Å²) in [6.07, 6.45) is 0.102. The van der Waals surface area contributed by atoms with Crippen LogP contribution in [0.5, 0.6) is 34.5 Å². The van der Waals surface area contributed by atoms with Crippen molar-refractivity contribution in [2.24, 2.45) is 0 Å². The van der Waals surface area contributed by atoms with Gasteiger partial charge in [0.15, 0.2) is 23.0 Å². The molecule has 0 spiro atoms. The second kappa shape index (κ2) is 7.03. The van der Waals surface area contributed by atoms with Crippen LogP contribution in [0.2, 0.25) is 0 Å². The summed E-state index contributed by atoms with van der Waals surface area (Å²) < 4.78 is 26.8. The Hall–Kier alpha value is -3.09. The zero-order valence-corrected chi connectivity index (χ0v) is 15.0. The van der Waals surface area contributed by atoms with Gasteiger partial charge in [0.05, 0.1) is 34.9 Å². The van der Waals surface area contributed by atoms with Gasteiger partial charge in [-0.3, -0.25) is 4.79 Å². The van der Waals surface area contributed by atoms with Crippen LogP contribution in [0.15, 0.2) is 24.3 Å². The second-order valence-corrected chi connectivity index (χ2v) is 5.72. The van der Waals surface area contributed by atoms with Gasteiger partial charge in [0.1, 0.15) is 5.75 Å². The summed E-state index contributed by atoms with van der Waals surface area (Å²) >= 11 is 0. The minimum Gasteiger partial charge on any atom is -0.504 e. The molecule has 1 atom stereocenters. The smallest absolute Gasteiger partial charge is 0.312 e. The van der Waals surface area contributed by atoms with Gasteiger partial charge in [-0.25, -0.2) is 0 Å². The standard InChI is InChI=1S/C19H20O7/c1-22-13-6-5-10(7-12(13)20)11-8-16(21)26-14-9-15(23-2)18(24-3)19(25-4)17(11)14/h5-7,9,11,20H,8H2,1-4H3/t11-/m1/s1. The minimum atomic E-state index is -0.382. The zero-order chi connectivity index (χ0) is 18.8. The summed E-state index contributed by atoms with van der Waals surface area (Å²) in [5.41, 5.74) is 1.39. The molecule has 2 aromatic carbocycles. The Balaban J connectivity index is 2.22. The van der Waals surface area contributed by atoms with Crippen molar-refractivity contribution in [3.63, 3.8) is 0 Å². The quantitative estimate of drug-likeness (QED) is 0.648. The number of hydrogen-bond donors (Lipinski definition) is 1. The molecule has 138 valence electrons. The Labute approximate surface area is 151 Å². The van der Waals surface area contributed by atoms with Gasteiger partial charge in [0.2, 0.25) is 5.75 Å². The zero-order valence-electron chi connectivity index (χ0n) is 15.0. The van der Waals surface area contributed by atoms with Crippen molar-refractivity contribution in [3.8, 4) is 34.5 Å². The van der Waals surface area contributed by atoms with E-state index in [2.05, 4.69) is 0 Å². The average molecular weight is 360 g/mol. The fourth-order valence-corrected chi connectivity index (χ4v) is 3.21. The number of aromatic hydroxyl groups is 1. The molecule has 0 fully saturated rings. The highest BCUT2D eigenvalue weighted by molar-refractivity contribution is 5.80. The third-order valence-corrected chi connectivity index (χ3v) is 4.38. The van der Waals surface area contributed by atoms with Crippen LogP contribution >= 0.6 is 0 Å². The number of benzene rings is 2. The third kappa shape index (κ3) is 2.85. The molecule has 0 aliphatic carbocycles. The van der Waals surface area contributed by atoms with Crippen LogP contribution in [0.4, 0.5) is 0 Å². The first kappa shape index (κ1) is 17.7. The highest BCUT2D eigenvalue weighted by Crippen LogP contribution is 2.52. The van der Waals surface area contributed by atoms with E-state index in [1.54, 1.807) is 24.3 Å². The van der Waals surface area contributed by atoms with Crippen molar-refractivity contribution in [3.05, 3.63) is 35.4 Å². The summed E-state index contributed by atoms with van der Waals surface area (Å²) in [4.78, 5) is 12.1. The number of ether oxygens (including phenoxy) is 5. The number of phenolic OH excluding ortho intramolecular Hbond substituents is 1. The van der Waals surface area contributed by atoms with Gasteiger partial charge in [0, 0.05) is 17.5 Å². The maximum atomic E-state index is 12.1. The number of fused-ring (bicyclic) bond motifs is 1. The highest BCUT2D eigenvalue weighted by Gasteiger charge is 2.35. The average Bonchev–Trinajstić information content (AvgIpc) is 2.65. The van der Waals surface area contributed by atoms with Crippen molar-refractivity contribution < 1.29 is 33.6 Å². The molecule has 0 radical (unpaired) electrons. The van der Waals surface area contributed by atoms with E-state index in [9.17, 15) is 9.90 Å². The summed E-state index contributed by atoms with van der Waals surface area (Å²) in [5.74, 6) is 1.16. The first-order valence-electron chi connectivity index (χ1n) is 7.94. The van der Waals surface area contributed by atoms with E-state index in [4.69, 9.17) is 23.7 Å². The van der Waals surface area contributed by atoms with E-state index in [0.717, 1.165) is 5.56 Å². The molecule has 0 saturated heterocycles. The molecule has 26 heavy (non-hydrogen) atoms. The van der Waals surface area contributed by atoms with E-state index in [0.29, 0.717) is 34.3 Å². The lowest BCUT2D eigenvalue weighted by molar-refractivity contribution is -0.135. The summed E-state index contributed by atoms with van der Waals surface area (Å²) in [7, 11) is 5.99. The third-order valence-electron chi connectivity index (χ3n) is 4.38. The number of esters is 1.